The number of aromatic nitrogens is 1. The molecule has 0 unspecified atom stereocenters. The van der Waals surface area contributed by atoms with Gasteiger partial charge in [0.2, 0.25) is 0 Å². The number of hydrogen-bond donors (Lipinski definition) is 2. The molecule has 1 heterocycles. The second-order valence-electron chi connectivity index (χ2n) is 5.88. The zero-order valence-electron chi connectivity index (χ0n) is 14.3. The number of nitrogen functional groups attached to an aromatic ring is 1. The van der Waals surface area contributed by atoms with E-state index < -0.39 is 15.7 Å². The van der Waals surface area contributed by atoms with Crippen LogP contribution in [0.1, 0.15) is 10.4 Å². The smallest absolute Gasteiger partial charge is 0.257 e. The molecule has 0 aliphatic carbocycles. The van der Waals surface area contributed by atoms with Crippen molar-refractivity contribution in [1.29, 1.82) is 0 Å². The topological polar surface area (TPSA) is 102 Å². The Kier molecular flexibility index (Phi) is 5.16. The van der Waals surface area contributed by atoms with Crippen molar-refractivity contribution in [2.75, 3.05) is 17.3 Å². The first kappa shape index (κ1) is 18.9. The largest absolute Gasteiger partial charge is 0.398 e. The number of pyridine rings is 1. The van der Waals surface area contributed by atoms with Crippen LogP contribution in [0.2, 0.25) is 5.02 Å². The van der Waals surface area contributed by atoms with Crippen LogP contribution < -0.4 is 11.1 Å². The zero-order valence-corrected chi connectivity index (χ0v) is 15.9. The number of anilines is 2. The van der Waals surface area contributed by atoms with Crippen molar-refractivity contribution in [3.63, 3.8) is 0 Å². The van der Waals surface area contributed by atoms with Crippen LogP contribution in [0.5, 0.6) is 0 Å². The predicted molar refractivity (Wildman–Crippen MR) is 107 cm³/mol. The molecule has 6 nitrogen and oxygen atoms in total. The maximum absolute atomic E-state index is 12.5. The van der Waals surface area contributed by atoms with Crippen LogP contribution >= 0.6 is 11.6 Å². The monoisotopic (exact) mass is 401 g/mol. The summed E-state index contributed by atoms with van der Waals surface area (Å²) in [4.78, 5) is 16.9. The number of nitrogens with two attached hydrogens (primary N) is 1. The normalized spacial score (nSPS) is 11.2. The number of carbonyl (C=O) groups is 1. The SMILES string of the molecule is CS(=O)(=O)c1ccc(C(=O)Nc2ccc(Cl)c(-c3ccccn3)c2)c(N)c1. The minimum atomic E-state index is -3.40. The van der Waals surface area contributed by atoms with Crippen LogP contribution in [0.4, 0.5) is 11.4 Å². The van der Waals surface area contributed by atoms with Crippen LogP contribution in [0.15, 0.2) is 65.7 Å². The molecule has 0 saturated carbocycles. The van der Waals surface area contributed by atoms with Gasteiger partial charge in [-0.3, -0.25) is 9.78 Å². The number of benzene rings is 2. The molecule has 0 aliphatic rings. The summed E-state index contributed by atoms with van der Waals surface area (Å²) in [5, 5.41) is 3.24. The summed E-state index contributed by atoms with van der Waals surface area (Å²) in [7, 11) is -3.40. The van der Waals surface area contributed by atoms with E-state index in [1.165, 1.54) is 18.2 Å². The van der Waals surface area contributed by atoms with Gasteiger partial charge in [-0.2, -0.15) is 0 Å². The summed E-state index contributed by atoms with van der Waals surface area (Å²) in [6.07, 6.45) is 2.73. The average Bonchev–Trinajstić information content (AvgIpc) is 2.63. The predicted octanol–water partition coefficient (Wildman–Crippen LogP) is 3.64. The molecule has 1 amide bonds. The van der Waals surface area contributed by atoms with Crippen LogP contribution in [-0.4, -0.2) is 25.6 Å². The molecule has 0 fully saturated rings. The van der Waals surface area contributed by atoms with Gasteiger partial charge in [0.15, 0.2) is 9.84 Å². The molecule has 0 aliphatic heterocycles. The summed E-state index contributed by atoms with van der Waals surface area (Å²) in [5.41, 5.74) is 7.98. The molecule has 138 valence electrons. The van der Waals surface area contributed by atoms with Gasteiger partial charge in [-0.1, -0.05) is 17.7 Å². The lowest BCUT2D eigenvalue weighted by molar-refractivity contribution is 0.102. The molecular weight excluding hydrogens is 386 g/mol. The van der Waals surface area contributed by atoms with E-state index in [-0.39, 0.29) is 16.1 Å². The van der Waals surface area contributed by atoms with Gasteiger partial charge < -0.3 is 11.1 Å². The third-order valence-corrected chi connectivity index (χ3v) is 5.30. The second kappa shape index (κ2) is 7.38. The average molecular weight is 402 g/mol. The van der Waals surface area contributed by atoms with Gasteiger partial charge in [-0.15, -0.1) is 0 Å². The van der Waals surface area contributed by atoms with E-state index in [2.05, 4.69) is 10.3 Å². The van der Waals surface area contributed by atoms with Crippen molar-refractivity contribution in [1.82, 2.24) is 4.98 Å². The maximum Gasteiger partial charge on any atom is 0.257 e. The van der Waals surface area contributed by atoms with E-state index in [0.29, 0.717) is 22.0 Å². The Morgan fingerprint density at radius 1 is 1.11 bits per heavy atom. The van der Waals surface area contributed by atoms with Gasteiger partial charge in [0.1, 0.15) is 0 Å². The molecule has 1 aromatic heterocycles. The van der Waals surface area contributed by atoms with Crippen molar-refractivity contribution in [3.8, 4) is 11.3 Å². The van der Waals surface area contributed by atoms with Crippen molar-refractivity contribution < 1.29 is 13.2 Å². The molecule has 0 spiro atoms. The number of nitrogens with one attached hydrogen (secondary N) is 1. The summed E-state index contributed by atoms with van der Waals surface area (Å²) in [5.74, 6) is -0.457. The molecule has 3 rings (SSSR count). The first-order valence-corrected chi connectivity index (χ1v) is 10.1. The van der Waals surface area contributed by atoms with Crippen molar-refractivity contribution >= 4 is 38.7 Å². The Morgan fingerprint density at radius 2 is 1.89 bits per heavy atom. The number of amides is 1. The summed E-state index contributed by atoms with van der Waals surface area (Å²) >= 11 is 6.24. The number of sulfone groups is 1. The fourth-order valence-corrected chi connectivity index (χ4v) is 3.37. The summed E-state index contributed by atoms with van der Waals surface area (Å²) in [6.45, 7) is 0. The second-order valence-corrected chi connectivity index (χ2v) is 8.31. The Morgan fingerprint density at radius 3 is 2.52 bits per heavy atom. The van der Waals surface area contributed by atoms with Gasteiger partial charge in [0.25, 0.3) is 5.91 Å². The first-order chi connectivity index (χ1) is 12.8. The molecule has 0 saturated heterocycles. The van der Waals surface area contributed by atoms with E-state index in [1.54, 1.807) is 30.5 Å². The fraction of sp³-hybridized carbons (Fsp3) is 0.0526. The summed E-state index contributed by atoms with van der Waals surface area (Å²) in [6, 6.07) is 14.5. The standard InChI is InChI=1S/C19H16ClN3O3S/c1-27(25,26)13-6-7-14(17(21)11-13)19(24)23-12-5-8-16(20)15(10-12)18-4-2-3-9-22-18/h2-11H,21H2,1H3,(H,23,24). The summed E-state index contributed by atoms with van der Waals surface area (Å²) < 4.78 is 23.2. The minimum Gasteiger partial charge on any atom is -0.398 e. The van der Waals surface area contributed by atoms with Crippen molar-refractivity contribution in [2.24, 2.45) is 0 Å². The first-order valence-electron chi connectivity index (χ1n) is 7.87. The van der Waals surface area contributed by atoms with Crippen molar-refractivity contribution in [3.05, 3.63) is 71.4 Å². The Bertz CT molecular complexity index is 1120. The number of hydrogen-bond acceptors (Lipinski definition) is 5. The zero-order chi connectivity index (χ0) is 19.6. The van der Waals surface area contributed by atoms with E-state index in [1.807, 2.05) is 12.1 Å². The Balaban J connectivity index is 1.89. The quantitative estimate of drug-likeness (QED) is 0.650. The third kappa shape index (κ3) is 4.27. The van der Waals surface area contributed by atoms with Gasteiger partial charge in [-0.25, -0.2) is 8.42 Å². The highest BCUT2D eigenvalue weighted by Gasteiger charge is 2.15. The van der Waals surface area contributed by atoms with Crippen molar-refractivity contribution in [2.45, 2.75) is 4.90 Å². The molecule has 0 bridgehead atoms. The van der Waals surface area contributed by atoms with E-state index in [9.17, 15) is 13.2 Å². The molecule has 2 aromatic carbocycles. The Labute approximate surface area is 161 Å². The Hall–Kier alpha value is -2.90. The van der Waals surface area contributed by atoms with Gasteiger partial charge in [0, 0.05) is 29.4 Å². The van der Waals surface area contributed by atoms with E-state index in [4.69, 9.17) is 17.3 Å². The number of nitrogens with zero attached hydrogens (tertiary/aromatic N) is 1. The lowest BCUT2D eigenvalue weighted by Crippen LogP contribution is -2.14. The van der Waals surface area contributed by atoms with Gasteiger partial charge in [0.05, 0.1) is 21.2 Å². The number of halogens is 1. The number of carbonyl (C=O) groups excluding carboxylic acids is 1. The molecule has 27 heavy (non-hydrogen) atoms. The van der Waals surface area contributed by atoms with Crippen LogP contribution in [-0.2, 0) is 9.84 Å². The highest BCUT2D eigenvalue weighted by molar-refractivity contribution is 7.90. The van der Waals surface area contributed by atoms with E-state index in [0.717, 1.165) is 6.26 Å². The van der Waals surface area contributed by atoms with Crippen LogP contribution in [0, 0.1) is 0 Å². The molecule has 0 radical (unpaired) electrons. The third-order valence-electron chi connectivity index (χ3n) is 3.86. The van der Waals surface area contributed by atoms with Crippen LogP contribution in [0.25, 0.3) is 11.3 Å². The lowest BCUT2D eigenvalue weighted by Gasteiger charge is -2.11. The maximum atomic E-state index is 12.5. The highest BCUT2D eigenvalue weighted by atomic mass is 35.5. The fourth-order valence-electron chi connectivity index (χ4n) is 2.50. The number of rotatable bonds is 4. The molecule has 8 heteroatoms. The van der Waals surface area contributed by atoms with E-state index >= 15 is 0 Å². The molecular formula is C19H16ClN3O3S. The molecule has 3 N–H and O–H groups in total. The van der Waals surface area contributed by atoms with Crippen LogP contribution in [0.3, 0.4) is 0 Å². The van der Waals surface area contributed by atoms with Gasteiger partial charge >= 0.3 is 0 Å². The highest BCUT2D eigenvalue weighted by Crippen LogP contribution is 2.29. The minimum absolute atomic E-state index is 0.0560. The van der Waals surface area contributed by atoms with Gasteiger partial charge in [-0.05, 0) is 48.5 Å². The molecule has 0 atom stereocenters. The molecule has 3 aromatic rings. The lowest BCUT2D eigenvalue weighted by atomic mass is 10.1.